The molecular weight excluding hydrogens is 380 g/mol. The van der Waals surface area contributed by atoms with Crippen LogP contribution in [0.1, 0.15) is 10.4 Å². The Bertz CT molecular complexity index is 1120. The highest BCUT2D eigenvalue weighted by Crippen LogP contribution is 2.34. The molecule has 0 bridgehead atoms. The van der Waals surface area contributed by atoms with Gasteiger partial charge in [-0.25, -0.2) is 4.98 Å². The molecule has 1 amide bonds. The lowest BCUT2D eigenvalue weighted by molar-refractivity contribution is 0.102. The molecular formula is C20H16N2O3S2. The number of para-hydroxylation sites is 1. The van der Waals surface area contributed by atoms with E-state index < -0.39 is 0 Å². The highest BCUT2D eigenvalue weighted by Gasteiger charge is 2.14. The second-order valence-electron chi connectivity index (χ2n) is 5.71. The Morgan fingerprint density at radius 2 is 2.07 bits per heavy atom. The third-order valence-corrected chi connectivity index (χ3v) is 5.52. The molecule has 0 radical (unpaired) electrons. The molecule has 7 heteroatoms. The first-order valence-corrected chi connectivity index (χ1v) is 10.3. The maximum absolute atomic E-state index is 12.5. The minimum absolute atomic E-state index is 0.182. The highest BCUT2D eigenvalue weighted by molar-refractivity contribution is 7.98. The maximum Gasteiger partial charge on any atom is 0.257 e. The van der Waals surface area contributed by atoms with Crippen molar-refractivity contribution in [1.29, 1.82) is 0 Å². The van der Waals surface area contributed by atoms with Crippen LogP contribution in [0.3, 0.4) is 0 Å². The summed E-state index contributed by atoms with van der Waals surface area (Å²) in [5, 5.41) is 6.17. The first-order chi connectivity index (χ1) is 13.2. The smallest absolute Gasteiger partial charge is 0.257 e. The zero-order valence-corrected chi connectivity index (χ0v) is 16.3. The Hall–Kier alpha value is -2.77. The predicted molar refractivity (Wildman–Crippen MR) is 110 cm³/mol. The number of ether oxygens (including phenoxy) is 1. The zero-order valence-electron chi connectivity index (χ0n) is 14.7. The number of carbonyl (C=O) groups excluding carboxylic acids is 1. The van der Waals surface area contributed by atoms with Crippen molar-refractivity contribution in [1.82, 2.24) is 4.98 Å². The van der Waals surface area contributed by atoms with Crippen molar-refractivity contribution < 1.29 is 13.9 Å². The van der Waals surface area contributed by atoms with Crippen LogP contribution in [-0.4, -0.2) is 24.3 Å². The van der Waals surface area contributed by atoms with Crippen LogP contribution in [0, 0.1) is 0 Å². The van der Waals surface area contributed by atoms with E-state index in [0.717, 1.165) is 10.3 Å². The van der Waals surface area contributed by atoms with Crippen molar-refractivity contribution in [2.24, 2.45) is 0 Å². The summed E-state index contributed by atoms with van der Waals surface area (Å²) in [7, 11) is 1.61. The molecule has 0 aliphatic carbocycles. The van der Waals surface area contributed by atoms with Gasteiger partial charge < -0.3 is 9.15 Å². The van der Waals surface area contributed by atoms with Crippen LogP contribution in [0.15, 0.2) is 63.2 Å². The number of nitrogens with zero attached hydrogens (tertiary/aromatic N) is 1. The van der Waals surface area contributed by atoms with Crippen LogP contribution in [0.25, 0.3) is 22.4 Å². The monoisotopic (exact) mass is 396 g/mol. The number of thiazole rings is 1. The van der Waals surface area contributed by atoms with Gasteiger partial charge in [-0.3, -0.25) is 10.1 Å². The van der Waals surface area contributed by atoms with Gasteiger partial charge in [0.05, 0.1) is 7.11 Å². The molecule has 27 heavy (non-hydrogen) atoms. The zero-order chi connectivity index (χ0) is 18.8. The summed E-state index contributed by atoms with van der Waals surface area (Å²) in [6.45, 7) is 0. The lowest BCUT2D eigenvalue weighted by Gasteiger charge is -2.03. The van der Waals surface area contributed by atoms with E-state index in [-0.39, 0.29) is 5.91 Å². The van der Waals surface area contributed by atoms with Crippen LogP contribution in [0.4, 0.5) is 5.13 Å². The minimum atomic E-state index is -0.182. The molecule has 0 aliphatic rings. The van der Waals surface area contributed by atoms with Gasteiger partial charge >= 0.3 is 0 Å². The Morgan fingerprint density at radius 1 is 1.22 bits per heavy atom. The van der Waals surface area contributed by atoms with Crippen LogP contribution < -0.4 is 10.1 Å². The SMILES string of the molecule is COc1cccc2cc(-c3csc(NC(=O)c4cccc(SC)c4)n3)oc12. The Balaban J connectivity index is 1.57. The number of amides is 1. The summed E-state index contributed by atoms with van der Waals surface area (Å²) >= 11 is 2.95. The number of fused-ring (bicyclic) bond motifs is 1. The highest BCUT2D eigenvalue weighted by atomic mass is 32.2. The third kappa shape index (κ3) is 3.56. The van der Waals surface area contributed by atoms with Gasteiger partial charge in [0.1, 0.15) is 5.69 Å². The van der Waals surface area contributed by atoms with Gasteiger partial charge in [0.25, 0.3) is 5.91 Å². The number of hydrogen-bond acceptors (Lipinski definition) is 6. The van der Waals surface area contributed by atoms with Gasteiger partial charge in [0, 0.05) is 21.2 Å². The van der Waals surface area contributed by atoms with Crippen LogP contribution in [0.2, 0.25) is 0 Å². The molecule has 0 spiro atoms. The molecule has 4 aromatic rings. The second kappa shape index (κ2) is 7.46. The van der Waals surface area contributed by atoms with E-state index in [1.807, 2.05) is 54.1 Å². The molecule has 0 aliphatic heterocycles. The van der Waals surface area contributed by atoms with E-state index in [2.05, 4.69) is 10.3 Å². The number of rotatable bonds is 5. The van der Waals surface area contributed by atoms with Crippen molar-refractivity contribution in [3.05, 3.63) is 59.5 Å². The molecule has 1 N–H and O–H groups in total. The number of aromatic nitrogens is 1. The van der Waals surface area contributed by atoms with Gasteiger partial charge in [-0.15, -0.1) is 23.1 Å². The number of anilines is 1. The number of thioether (sulfide) groups is 1. The molecule has 0 atom stereocenters. The summed E-state index contributed by atoms with van der Waals surface area (Å²) < 4.78 is 11.2. The minimum Gasteiger partial charge on any atom is -0.493 e. The average Bonchev–Trinajstić information content (AvgIpc) is 3.34. The van der Waals surface area contributed by atoms with Gasteiger partial charge in [-0.1, -0.05) is 18.2 Å². The van der Waals surface area contributed by atoms with E-state index in [9.17, 15) is 4.79 Å². The summed E-state index contributed by atoms with van der Waals surface area (Å²) in [5.74, 6) is 1.13. The second-order valence-corrected chi connectivity index (χ2v) is 7.45. The quantitative estimate of drug-likeness (QED) is 0.449. The van der Waals surface area contributed by atoms with E-state index in [0.29, 0.717) is 33.5 Å². The Kier molecular flexibility index (Phi) is 4.87. The standard InChI is InChI=1S/C20H16N2O3S2/c1-24-16-8-4-5-12-10-17(25-18(12)16)15-11-27-20(21-15)22-19(23)13-6-3-7-14(9-13)26-2/h3-11H,1-2H3,(H,21,22,23). The first-order valence-electron chi connectivity index (χ1n) is 8.16. The van der Waals surface area contributed by atoms with E-state index in [4.69, 9.17) is 9.15 Å². The topological polar surface area (TPSA) is 64.4 Å². The fraction of sp³-hybridized carbons (Fsp3) is 0.100. The summed E-state index contributed by atoms with van der Waals surface area (Å²) in [6, 6.07) is 15.1. The third-order valence-electron chi connectivity index (χ3n) is 4.04. The van der Waals surface area contributed by atoms with E-state index in [1.54, 1.807) is 24.9 Å². The van der Waals surface area contributed by atoms with Crippen LogP contribution >= 0.6 is 23.1 Å². The molecule has 0 unspecified atom stereocenters. The fourth-order valence-corrected chi connectivity index (χ4v) is 3.86. The van der Waals surface area contributed by atoms with Crippen LogP contribution in [-0.2, 0) is 0 Å². The summed E-state index contributed by atoms with van der Waals surface area (Å²) in [5.41, 5.74) is 1.96. The molecule has 2 heterocycles. The predicted octanol–water partition coefficient (Wildman–Crippen LogP) is 5.54. The summed E-state index contributed by atoms with van der Waals surface area (Å²) in [6.07, 6.45) is 1.98. The van der Waals surface area contributed by atoms with E-state index >= 15 is 0 Å². The van der Waals surface area contributed by atoms with Gasteiger partial charge in [0.15, 0.2) is 22.2 Å². The number of methoxy groups -OCH3 is 1. The molecule has 5 nitrogen and oxygen atoms in total. The first kappa shape index (κ1) is 17.6. The molecule has 136 valence electrons. The van der Waals surface area contributed by atoms with Crippen molar-refractivity contribution in [3.8, 4) is 17.2 Å². The van der Waals surface area contributed by atoms with Crippen molar-refractivity contribution >= 4 is 45.1 Å². The average molecular weight is 396 g/mol. The van der Waals surface area contributed by atoms with Gasteiger partial charge in [-0.05, 0) is 36.6 Å². The lowest BCUT2D eigenvalue weighted by atomic mass is 10.2. The number of carbonyl (C=O) groups is 1. The van der Waals surface area contributed by atoms with Crippen LogP contribution in [0.5, 0.6) is 5.75 Å². The molecule has 0 fully saturated rings. The molecule has 2 aromatic heterocycles. The molecule has 2 aromatic carbocycles. The fourth-order valence-electron chi connectivity index (χ4n) is 2.70. The van der Waals surface area contributed by atoms with Gasteiger partial charge in [-0.2, -0.15) is 0 Å². The lowest BCUT2D eigenvalue weighted by Crippen LogP contribution is -2.11. The number of hydrogen-bond donors (Lipinski definition) is 1. The van der Waals surface area contributed by atoms with E-state index in [1.165, 1.54) is 11.3 Å². The molecule has 0 saturated carbocycles. The largest absolute Gasteiger partial charge is 0.493 e. The van der Waals surface area contributed by atoms with Crippen molar-refractivity contribution in [2.45, 2.75) is 4.90 Å². The molecule has 4 rings (SSSR count). The van der Waals surface area contributed by atoms with Crippen molar-refractivity contribution in [3.63, 3.8) is 0 Å². The van der Waals surface area contributed by atoms with Crippen molar-refractivity contribution in [2.75, 3.05) is 18.7 Å². The Labute approximate surface area is 164 Å². The normalized spacial score (nSPS) is 10.9. The van der Waals surface area contributed by atoms with Gasteiger partial charge in [0.2, 0.25) is 0 Å². The maximum atomic E-state index is 12.5. The molecule has 0 saturated heterocycles. The number of benzene rings is 2. The Morgan fingerprint density at radius 3 is 2.89 bits per heavy atom. The number of furan rings is 1. The number of nitrogens with one attached hydrogen (secondary N) is 1. The summed E-state index contributed by atoms with van der Waals surface area (Å²) in [4.78, 5) is 18.0.